The number of imidazole rings is 1. The minimum Gasteiger partial charge on any atom is -0.344 e. The summed E-state index contributed by atoms with van der Waals surface area (Å²) < 4.78 is 13.0. The fraction of sp³-hybridized carbons (Fsp3) is 0.357. The van der Waals surface area contributed by atoms with E-state index in [4.69, 9.17) is 0 Å². The van der Waals surface area contributed by atoms with E-state index in [0.717, 1.165) is 41.7 Å². The maximum absolute atomic E-state index is 13.0. The van der Waals surface area contributed by atoms with Gasteiger partial charge in [-0.25, -0.2) is 9.37 Å². The van der Waals surface area contributed by atoms with Crippen molar-refractivity contribution in [3.63, 3.8) is 0 Å². The summed E-state index contributed by atoms with van der Waals surface area (Å²) in [4.78, 5) is 8.51. The van der Waals surface area contributed by atoms with Crippen LogP contribution in [0.15, 0.2) is 35.4 Å². The zero-order chi connectivity index (χ0) is 13.5. The molecule has 5 heteroatoms. The molecule has 19 heavy (non-hydrogen) atoms. The molecule has 2 aromatic rings. The Morgan fingerprint density at radius 3 is 3.11 bits per heavy atom. The molecule has 0 aliphatic rings. The van der Waals surface area contributed by atoms with E-state index in [-0.39, 0.29) is 5.82 Å². The Hall–Kier alpha value is -1.33. The summed E-state index contributed by atoms with van der Waals surface area (Å²) >= 11 is 1.58. The van der Waals surface area contributed by atoms with Crippen LogP contribution >= 0.6 is 11.8 Å². The normalized spacial score (nSPS) is 10.8. The van der Waals surface area contributed by atoms with Crippen molar-refractivity contribution in [2.45, 2.75) is 30.5 Å². The molecule has 0 saturated heterocycles. The van der Waals surface area contributed by atoms with Crippen molar-refractivity contribution in [1.82, 2.24) is 15.3 Å². The van der Waals surface area contributed by atoms with E-state index < -0.39 is 0 Å². The maximum Gasteiger partial charge on any atom is 0.124 e. The van der Waals surface area contributed by atoms with Crippen LogP contribution in [0.2, 0.25) is 0 Å². The third kappa shape index (κ3) is 4.69. The second kappa shape index (κ2) is 7.31. The third-order valence-corrected chi connectivity index (χ3v) is 3.60. The number of nitrogens with one attached hydrogen (secondary N) is 2. The van der Waals surface area contributed by atoms with Gasteiger partial charge in [-0.3, -0.25) is 0 Å². The van der Waals surface area contributed by atoms with E-state index in [1.165, 1.54) is 12.1 Å². The highest BCUT2D eigenvalue weighted by Crippen LogP contribution is 2.21. The number of nitrogens with zero attached hydrogens (tertiary/aromatic N) is 1. The van der Waals surface area contributed by atoms with Crippen molar-refractivity contribution < 1.29 is 4.39 Å². The van der Waals surface area contributed by atoms with Crippen LogP contribution in [0, 0.1) is 5.82 Å². The second-order valence-electron chi connectivity index (χ2n) is 4.28. The van der Waals surface area contributed by atoms with Gasteiger partial charge in [0.1, 0.15) is 11.6 Å². The Balaban J connectivity index is 1.83. The molecule has 1 aromatic carbocycles. The van der Waals surface area contributed by atoms with Gasteiger partial charge in [0, 0.05) is 23.3 Å². The molecular formula is C14H18FN3S. The zero-order valence-electron chi connectivity index (χ0n) is 10.9. The second-order valence-corrected chi connectivity index (χ2v) is 5.33. The van der Waals surface area contributed by atoms with Crippen LogP contribution in [-0.4, -0.2) is 16.5 Å². The van der Waals surface area contributed by atoms with Gasteiger partial charge in [0.05, 0.1) is 5.75 Å². The lowest BCUT2D eigenvalue weighted by Gasteiger charge is -2.00. The van der Waals surface area contributed by atoms with Gasteiger partial charge in [-0.05, 0) is 31.2 Å². The lowest BCUT2D eigenvalue weighted by molar-refractivity contribution is 0.624. The van der Waals surface area contributed by atoms with Crippen molar-refractivity contribution in [2.24, 2.45) is 0 Å². The lowest BCUT2D eigenvalue weighted by atomic mass is 10.4. The fourth-order valence-corrected chi connectivity index (χ4v) is 2.50. The van der Waals surface area contributed by atoms with Crippen molar-refractivity contribution in [3.8, 4) is 0 Å². The molecule has 0 unspecified atom stereocenters. The molecule has 0 bridgehead atoms. The Morgan fingerprint density at radius 2 is 2.32 bits per heavy atom. The molecule has 102 valence electrons. The summed E-state index contributed by atoms with van der Waals surface area (Å²) in [6, 6.07) is 6.62. The molecule has 1 aromatic heterocycles. The quantitative estimate of drug-likeness (QED) is 0.603. The fourth-order valence-electron chi connectivity index (χ4n) is 1.68. The van der Waals surface area contributed by atoms with Crippen LogP contribution in [0.25, 0.3) is 0 Å². The minimum absolute atomic E-state index is 0.200. The van der Waals surface area contributed by atoms with Crippen molar-refractivity contribution in [3.05, 3.63) is 47.8 Å². The van der Waals surface area contributed by atoms with Gasteiger partial charge in [0.2, 0.25) is 0 Å². The topological polar surface area (TPSA) is 40.7 Å². The van der Waals surface area contributed by atoms with Gasteiger partial charge in [-0.2, -0.15) is 0 Å². The number of aromatic nitrogens is 2. The van der Waals surface area contributed by atoms with Gasteiger partial charge in [-0.15, -0.1) is 11.8 Å². The molecular weight excluding hydrogens is 261 g/mol. The van der Waals surface area contributed by atoms with Crippen LogP contribution in [0.3, 0.4) is 0 Å². The molecule has 0 aliphatic heterocycles. The van der Waals surface area contributed by atoms with Crippen LogP contribution in [-0.2, 0) is 12.3 Å². The molecule has 0 spiro atoms. The smallest absolute Gasteiger partial charge is 0.124 e. The summed E-state index contributed by atoms with van der Waals surface area (Å²) in [5, 5.41) is 3.32. The van der Waals surface area contributed by atoms with Gasteiger partial charge in [0.25, 0.3) is 0 Å². The Kier molecular flexibility index (Phi) is 5.42. The summed E-state index contributed by atoms with van der Waals surface area (Å²) in [7, 11) is 0. The Bertz CT molecular complexity index is 513. The number of rotatable bonds is 7. The number of aromatic amines is 1. The standard InChI is InChI=1S/C14H18FN3S/c1-2-6-16-8-12-9-17-14(18-12)10-19-13-5-3-4-11(15)7-13/h3-5,7,9,16H,2,6,8,10H2,1H3,(H,17,18). The number of benzene rings is 1. The molecule has 0 saturated carbocycles. The van der Waals surface area contributed by atoms with Gasteiger partial charge in [0.15, 0.2) is 0 Å². The Morgan fingerprint density at radius 1 is 1.42 bits per heavy atom. The average molecular weight is 279 g/mol. The van der Waals surface area contributed by atoms with Crippen LogP contribution in [0.5, 0.6) is 0 Å². The van der Waals surface area contributed by atoms with E-state index in [0.29, 0.717) is 0 Å². The van der Waals surface area contributed by atoms with E-state index in [1.807, 2.05) is 12.3 Å². The number of hydrogen-bond acceptors (Lipinski definition) is 3. The van der Waals surface area contributed by atoms with Crippen LogP contribution in [0.1, 0.15) is 24.9 Å². The molecule has 3 nitrogen and oxygen atoms in total. The number of H-pyrrole nitrogens is 1. The average Bonchev–Trinajstić information content (AvgIpc) is 2.85. The molecule has 0 radical (unpaired) electrons. The highest BCUT2D eigenvalue weighted by Gasteiger charge is 2.02. The number of hydrogen-bond donors (Lipinski definition) is 2. The maximum atomic E-state index is 13.0. The molecule has 2 N–H and O–H groups in total. The molecule has 0 aliphatic carbocycles. The van der Waals surface area contributed by atoms with Gasteiger partial charge < -0.3 is 10.3 Å². The predicted octanol–water partition coefficient (Wildman–Crippen LogP) is 3.34. The van der Waals surface area contributed by atoms with Crippen LogP contribution in [0.4, 0.5) is 4.39 Å². The zero-order valence-corrected chi connectivity index (χ0v) is 11.8. The lowest BCUT2D eigenvalue weighted by Crippen LogP contribution is -2.13. The molecule has 2 rings (SSSR count). The first kappa shape index (κ1) is 14.1. The van der Waals surface area contributed by atoms with Gasteiger partial charge in [-0.1, -0.05) is 13.0 Å². The first-order valence-corrected chi connectivity index (χ1v) is 7.38. The summed E-state index contributed by atoms with van der Waals surface area (Å²) in [6.45, 7) is 3.96. The summed E-state index contributed by atoms with van der Waals surface area (Å²) in [5.41, 5.74) is 1.09. The summed E-state index contributed by atoms with van der Waals surface area (Å²) in [6.07, 6.45) is 2.97. The minimum atomic E-state index is -0.200. The van der Waals surface area contributed by atoms with E-state index in [2.05, 4.69) is 22.2 Å². The first-order chi connectivity index (χ1) is 9.28. The Labute approximate surface area is 117 Å². The highest BCUT2D eigenvalue weighted by atomic mass is 32.2. The summed E-state index contributed by atoms with van der Waals surface area (Å²) in [5.74, 6) is 1.44. The third-order valence-electron chi connectivity index (χ3n) is 2.59. The highest BCUT2D eigenvalue weighted by molar-refractivity contribution is 7.98. The van der Waals surface area contributed by atoms with E-state index in [9.17, 15) is 4.39 Å². The van der Waals surface area contributed by atoms with E-state index in [1.54, 1.807) is 17.8 Å². The molecule has 0 fully saturated rings. The van der Waals surface area contributed by atoms with E-state index >= 15 is 0 Å². The number of thioether (sulfide) groups is 1. The van der Waals surface area contributed by atoms with Crippen molar-refractivity contribution in [2.75, 3.05) is 6.54 Å². The predicted molar refractivity (Wildman–Crippen MR) is 76.5 cm³/mol. The molecule has 1 heterocycles. The molecule has 0 amide bonds. The van der Waals surface area contributed by atoms with Crippen molar-refractivity contribution in [1.29, 1.82) is 0 Å². The van der Waals surface area contributed by atoms with Crippen LogP contribution < -0.4 is 5.32 Å². The SMILES string of the molecule is CCCNCc1cnc(CSc2cccc(F)c2)[nH]1. The molecule has 0 atom stereocenters. The van der Waals surface area contributed by atoms with Crippen molar-refractivity contribution >= 4 is 11.8 Å². The number of halogens is 1. The monoisotopic (exact) mass is 279 g/mol. The largest absolute Gasteiger partial charge is 0.344 e. The first-order valence-electron chi connectivity index (χ1n) is 6.39. The van der Waals surface area contributed by atoms with Gasteiger partial charge >= 0.3 is 0 Å².